The largest absolute Gasteiger partial charge is 0.490 e. The van der Waals surface area contributed by atoms with Crippen LogP contribution in [0.3, 0.4) is 0 Å². The molecule has 3 rings (SSSR count). The van der Waals surface area contributed by atoms with Gasteiger partial charge in [-0.05, 0) is 12.1 Å². The highest BCUT2D eigenvalue weighted by Gasteiger charge is 2.16. The number of halogens is 1. The first kappa shape index (κ1) is 17.1. The molecule has 9 heteroatoms. The quantitative estimate of drug-likeness (QED) is 0.648. The van der Waals surface area contributed by atoms with Gasteiger partial charge in [0.1, 0.15) is 5.69 Å². The molecule has 3 heterocycles. The summed E-state index contributed by atoms with van der Waals surface area (Å²) in [5, 5.41) is 7.61. The average Bonchev–Trinajstić information content (AvgIpc) is 3.08. The third-order valence-corrected chi connectivity index (χ3v) is 3.60. The van der Waals surface area contributed by atoms with E-state index in [4.69, 9.17) is 21.1 Å². The minimum Gasteiger partial charge on any atom is -0.490 e. The molecule has 0 saturated heterocycles. The van der Waals surface area contributed by atoms with Crippen molar-refractivity contribution in [1.82, 2.24) is 24.7 Å². The molecular formula is C16H17ClN6O2. The topological polar surface area (TPSA) is 87.0 Å². The van der Waals surface area contributed by atoms with Crippen LogP contribution in [-0.2, 0) is 11.3 Å². The summed E-state index contributed by atoms with van der Waals surface area (Å²) in [4.78, 5) is 13.0. The maximum absolute atomic E-state index is 6.24. The third kappa shape index (κ3) is 4.04. The Bertz CT molecular complexity index is 840. The molecule has 0 atom stereocenters. The van der Waals surface area contributed by atoms with Gasteiger partial charge < -0.3 is 14.8 Å². The summed E-state index contributed by atoms with van der Waals surface area (Å²) >= 11 is 6.24. The zero-order chi connectivity index (χ0) is 17.6. The van der Waals surface area contributed by atoms with Crippen LogP contribution in [0.2, 0.25) is 5.15 Å². The van der Waals surface area contributed by atoms with Gasteiger partial charge in [0.2, 0.25) is 0 Å². The van der Waals surface area contributed by atoms with E-state index in [1.807, 2.05) is 24.4 Å². The first-order valence-corrected chi connectivity index (χ1v) is 7.90. The predicted octanol–water partition coefficient (Wildman–Crippen LogP) is 2.79. The number of hydrogen-bond acceptors (Lipinski definition) is 7. The van der Waals surface area contributed by atoms with Gasteiger partial charge in [-0.25, -0.2) is 9.97 Å². The molecular weight excluding hydrogens is 344 g/mol. The third-order valence-electron chi connectivity index (χ3n) is 3.34. The Morgan fingerprint density at radius 1 is 1.24 bits per heavy atom. The minimum atomic E-state index is 0.201. The fourth-order valence-electron chi connectivity index (χ4n) is 2.17. The monoisotopic (exact) mass is 360 g/mol. The van der Waals surface area contributed by atoms with Crippen molar-refractivity contribution < 1.29 is 9.47 Å². The van der Waals surface area contributed by atoms with E-state index in [9.17, 15) is 0 Å². The number of hydrogen-bond donors (Lipinski definition) is 1. The van der Waals surface area contributed by atoms with Gasteiger partial charge in [0.05, 0.1) is 32.1 Å². The molecule has 0 amide bonds. The second-order valence-corrected chi connectivity index (χ2v) is 5.40. The van der Waals surface area contributed by atoms with Crippen LogP contribution in [0.4, 0.5) is 11.5 Å². The summed E-state index contributed by atoms with van der Waals surface area (Å²) in [7, 11) is 3.16. The van der Waals surface area contributed by atoms with E-state index >= 15 is 0 Å². The first-order valence-electron chi connectivity index (χ1n) is 7.52. The van der Waals surface area contributed by atoms with E-state index < -0.39 is 0 Å². The lowest BCUT2D eigenvalue weighted by Crippen LogP contribution is -2.04. The Hall–Kier alpha value is -2.71. The van der Waals surface area contributed by atoms with Crippen LogP contribution < -0.4 is 10.1 Å². The van der Waals surface area contributed by atoms with Crippen molar-refractivity contribution in [2.24, 2.45) is 0 Å². The van der Waals surface area contributed by atoms with Crippen LogP contribution >= 0.6 is 11.6 Å². The number of pyridine rings is 1. The molecule has 0 aliphatic rings. The van der Waals surface area contributed by atoms with Gasteiger partial charge in [-0.1, -0.05) is 17.7 Å². The summed E-state index contributed by atoms with van der Waals surface area (Å²) < 4.78 is 12.1. The van der Waals surface area contributed by atoms with Crippen molar-refractivity contribution in [1.29, 1.82) is 0 Å². The van der Waals surface area contributed by atoms with Gasteiger partial charge in [-0.15, -0.1) is 0 Å². The van der Waals surface area contributed by atoms with Crippen molar-refractivity contribution in [3.05, 3.63) is 41.9 Å². The van der Waals surface area contributed by atoms with Crippen LogP contribution in [0, 0.1) is 0 Å². The van der Waals surface area contributed by atoms with Crippen molar-refractivity contribution in [2.75, 3.05) is 26.1 Å². The lowest BCUT2D eigenvalue weighted by Gasteiger charge is -2.11. The SMILES string of the molecule is COCCn1cc(Nc2nc(-c3ccccn3)nc(Cl)c2OC)cn1. The van der Waals surface area contributed by atoms with Gasteiger partial charge in [-0.3, -0.25) is 9.67 Å². The molecule has 0 bridgehead atoms. The van der Waals surface area contributed by atoms with Crippen molar-refractivity contribution >= 4 is 23.1 Å². The molecule has 0 unspecified atom stereocenters. The molecule has 0 radical (unpaired) electrons. The van der Waals surface area contributed by atoms with Crippen molar-refractivity contribution in [2.45, 2.75) is 6.54 Å². The number of rotatable bonds is 7. The minimum absolute atomic E-state index is 0.201. The van der Waals surface area contributed by atoms with Crippen LogP contribution in [0.1, 0.15) is 0 Å². The highest BCUT2D eigenvalue weighted by Crippen LogP contribution is 2.33. The van der Waals surface area contributed by atoms with Gasteiger partial charge in [0, 0.05) is 19.5 Å². The Morgan fingerprint density at radius 2 is 2.12 bits per heavy atom. The average molecular weight is 361 g/mol. The smallest absolute Gasteiger partial charge is 0.199 e. The van der Waals surface area contributed by atoms with Crippen LogP contribution in [0.15, 0.2) is 36.8 Å². The summed E-state index contributed by atoms with van der Waals surface area (Å²) in [6.45, 7) is 1.23. The zero-order valence-corrected chi connectivity index (χ0v) is 14.6. The first-order chi connectivity index (χ1) is 12.2. The standard InChI is InChI=1S/C16H17ClN6O2/c1-24-8-7-23-10-11(9-19-23)20-16-13(25-2)14(17)21-15(22-16)12-5-3-4-6-18-12/h3-6,9-10H,7-8H2,1-2H3,(H,20,21,22). The van der Waals surface area contributed by atoms with Crippen LogP contribution in [-0.4, -0.2) is 45.6 Å². The Morgan fingerprint density at radius 3 is 2.84 bits per heavy atom. The van der Waals surface area contributed by atoms with Crippen molar-refractivity contribution in [3.8, 4) is 17.3 Å². The number of anilines is 2. The molecule has 1 N–H and O–H groups in total. The molecule has 0 fully saturated rings. The van der Waals surface area contributed by atoms with E-state index in [0.717, 1.165) is 5.69 Å². The molecule has 3 aromatic rings. The Balaban J connectivity index is 1.91. The fraction of sp³-hybridized carbons (Fsp3) is 0.250. The molecule has 0 saturated carbocycles. The molecule has 0 aliphatic carbocycles. The molecule has 130 valence electrons. The molecule has 25 heavy (non-hydrogen) atoms. The molecule has 0 aliphatic heterocycles. The van der Waals surface area contributed by atoms with E-state index in [0.29, 0.717) is 36.2 Å². The molecule has 3 aromatic heterocycles. The van der Waals surface area contributed by atoms with Crippen LogP contribution in [0.25, 0.3) is 11.5 Å². The molecule has 0 spiro atoms. The fourth-order valence-corrected chi connectivity index (χ4v) is 2.42. The normalized spacial score (nSPS) is 10.7. The lowest BCUT2D eigenvalue weighted by molar-refractivity contribution is 0.183. The number of nitrogens with one attached hydrogen (secondary N) is 1. The molecule has 0 aromatic carbocycles. The maximum atomic E-state index is 6.24. The highest BCUT2D eigenvalue weighted by molar-refractivity contribution is 6.31. The molecule has 8 nitrogen and oxygen atoms in total. The van der Waals surface area contributed by atoms with E-state index in [-0.39, 0.29) is 5.15 Å². The Kier molecular flexibility index (Phi) is 5.42. The Labute approximate surface area is 149 Å². The van der Waals surface area contributed by atoms with E-state index in [1.54, 1.807) is 24.2 Å². The second-order valence-electron chi connectivity index (χ2n) is 5.04. The maximum Gasteiger partial charge on any atom is 0.199 e. The summed E-state index contributed by atoms with van der Waals surface area (Å²) in [5.74, 6) is 1.20. The summed E-state index contributed by atoms with van der Waals surface area (Å²) in [6.07, 6.45) is 5.20. The van der Waals surface area contributed by atoms with Gasteiger partial charge in [-0.2, -0.15) is 5.10 Å². The van der Waals surface area contributed by atoms with E-state index in [2.05, 4.69) is 25.4 Å². The lowest BCUT2D eigenvalue weighted by atomic mass is 10.3. The second kappa shape index (κ2) is 7.91. The summed E-state index contributed by atoms with van der Waals surface area (Å²) in [5.41, 5.74) is 1.36. The van der Waals surface area contributed by atoms with Crippen molar-refractivity contribution in [3.63, 3.8) is 0 Å². The van der Waals surface area contributed by atoms with E-state index in [1.165, 1.54) is 7.11 Å². The number of aromatic nitrogens is 5. The van der Waals surface area contributed by atoms with Crippen LogP contribution in [0.5, 0.6) is 5.75 Å². The van der Waals surface area contributed by atoms with Gasteiger partial charge >= 0.3 is 0 Å². The summed E-state index contributed by atoms with van der Waals surface area (Å²) in [6, 6.07) is 5.49. The highest BCUT2D eigenvalue weighted by atomic mass is 35.5. The predicted molar refractivity (Wildman–Crippen MR) is 94.2 cm³/mol. The number of ether oxygens (including phenoxy) is 2. The van der Waals surface area contributed by atoms with Gasteiger partial charge in [0.15, 0.2) is 22.5 Å². The van der Waals surface area contributed by atoms with Gasteiger partial charge in [0.25, 0.3) is 0 Å². The zero-order valence-electron chi connectivity index (χ0n) is 13.8. The number of methoxy groups -OCH3 is 2. The number of nitrogens with zero attached hydrogens (tertiary/aromatic N) is 5.